The van der Waals surface area contributed by atoms with E-state index in [1.54, 1.807) is 5.56 Å². The van der Waals surface area contributed by atoms with Crippen molar-refractivity contribution in [3.63, 3.8) is 0 Å². The van der Waals surface area contributed by atoms with E-state index in [2.05, 4.69) is 42.3 Å². The zero-order valence-electron chi connectivity index (χ0n) is 11.3. The maximum Gasteiger partial charge on any atom is 0.0432 e. The van der Waals surface area contributed by atoms with Crippen molar-refractivity contribution < 1.29 is 0 Å². The third-order valence-corrected chi connectivity index (χ3v) is 3.68. The summed E-state index contributed by atoms with van der Waals surface area (Å²) in [5.74, 6) is 0. The Morgan fingerprint density at radius 1 is 1.41 bits per heavy atom. The Balaban J connectivity index is 2.25. The highest BCUT2D eigenvalue weighted by Crippen LogP contribution is 2.32. The molecule has 0 radical (unpaired) electrons. The van der Waals surface area contributed by atoms with Gasteiger partial charge in [0.05, 0.1) is 0 Å². The molecular formula is C15H24N2. The average molecular weight is 232 g/mol. The van der Waals surface area contributed by atoms with Gasteiger partial charge in [-0.05, 0) is 44.4 Å². The van der Waals surface area contributed by atoms with E-state index in [-0.39, 0.29) is 0 Å². The lowest BCUT2D eigenvalue weighted by Gasteiger charge is -2.23. The Labute approximate surface area is 105 Å². The van der Waals surface area contributed by atoms with Crippen LogP contribution >= 0.6 is 0 Å². The summed E-state index contributed by atoms with van der Waals surface area (Å²) in [6, 6.07) is 7.34. The molecule has 1 aliphatic rings. The van der Waals surface area contributed by atoms with Crippen molar-refractivity contribution in [2.75, 3.05) is 25.0 Å². The van der Waals surface area contributed by atoms with Gasteiger partial charge in [0.25, 0.3) is 0 Å². The first-order chi connectivity index (χ1) is 8.26. The quantitative estimate of drug-likeness (QED) is 0.839. The van der Waals surface area contributed by atoms with Gasteiger partial charge in [0.1, 0.15) is 0 Å². The zero-order chi connectivity index (χ0) is 12.3. The van der Waals surface area contributed by atoms with Gasteiger partial charge in [-0.2, -0.15) is 0 Å². The van der Waals surface area contributed by atoms with E-state index in [9.17, 15) is 0 Å². The second-order valence-electron chi connectivity index (χ2n) is 5.06. The summed E-state index contributed by atoms with van der Waals surface area (Å²) < 4.78 is 0. The molecule has 94 valence electrons. The SMILES string of the molecule is CCCN1CCc2cccc(CC(C)NC)c21. The average Bonchev–Trinajstić information content (AvgIpc) is 2.74. The lowest BCUT2D eigenvalue weighted by molar-refractivity contribution is 0.608. The number of benzene rings is 1. The molecule has 0 spiro atoms. The van der Waals surface area contributed by atoms with E-state index >= 15 is 0 Å². The summed E-state index contributed by atoms with van der Waals surface area (Å²) in [6.45, 7) is 6.90. The van der Waals surface area contributed by atoms with E-state index in [4.69, 9.17) is 0 Å². The van der Waals surface area contributed by atoms with Gasteiger partial charge in [-0.3, -0.25) is 0 Å². The van der Waals surface area contributed by atoms with Crippen LogP contribution in [-0.4, -0.2) is 26.2 Å². The zero-order valence-corrected chi connectivity index (χ0v) is 11.3. The van der Waals surface area contributed by atoms with Crippen molar-refractivity contribution in [3.05, 3.63) is 29.3 Å². The summed E-state index contributed by atoms with van der Waals surface area (Å²) in [6.07, 6.45) is 3.58. The van der Waals surface area contributed by atoms with Crippen molar-refractivity contribution in [2.45, 2.75) is 39.2 Å². The van der Waals surface area contributed by atoms with Crippen LogP contribution in [0.1, 0.15) is 31.4 Å². The molecule has 0 aromatic heterocycles. The smallest absolute Gasteiger partial charge is 0.0432 e. The van der Waals surface area contributed by atoms with E-state index in [0.29, 0.717) is 6.04 Å². The van der Waals surface area contributed by atoms with Crippen molar-refractivity contribution in [2.24, 2.45) is 0 Å². The molecule has 1 atom stereocenters. The Morgan fingerprint density at radius 3 is 2.94 bits per heavy atom. The molecule has 1 N–H and O–H groups in total. The minimum absolute atomic E-state index is 0.547. The third kappa shape index (κ3) is 2.63. The topological polar surface area (TPSA) is 15.3 Å². The number of para-hydroxylation sites is 1. The lowest BCUT2D eigenvalue weighted by atomic mass is 10.0. The molecule has 1 aliphatic heterocycles. The van der Waals surface area contributed by atoms with E-state index in [1.807, 2.05) is 7.05 Å². The van der Waals surface area contributed by atoms with Gasteiger partial charge in [0.15, 0.2) is 0 Å². The Kier molecular flexibility index (Phi) is 4.06. The van der Waals surface area contributed by atoms with Crippen LogP contribution in [0.5, 0.6) is 0 Å². The molecule has 0 saturated carbocycles. The number of nitrogens with zero attached hydrogens (tertiary/aromatic N) is 1. The summed E-state index contributed by atoms with van der Waals surface area (Å²) in [5.41, 5.74) is 4.58. The molecule has 0 saturated heterocycles. The van der Waals surface area contributed by atoms with Crippen LogP contribution in [0, 0.1) is 0 Å². The standard InChI is InChI=1S/C15H24N2/c1-4-9-17-10-8-13-6-5-7-14(15(13)17)11-12(2)16-3/h5-7,12,16H,4,8-11H2,1-3H3. The number of hydrogen-bond acceptors (Lipinski definition) is 2. The summed E-state index contributed by atoms with van der Waals surface area (Å²) in [4.78, 5) is 2.56. The minimum Gasteiger partial charge on any atom is -0.371 e. The minimum atomic E-state index is 0.547. The van der Waals surface area contributed by atoms with E-state index < -0.39 is 0 Å². The van der Waals surface area contributed by atoms with Crippen molar-refractivity contribution in [1.29, 1.82) is 0 Å². The molecule has 1 aromatic rings. The number of anilines is 1. The number of likely N-dealkylation sites (N-methyl/N-ethyl adjacent to an activating group) is 1. The molecule has 2 nitrogen and oxygen atoms in total. The number of fused-ring (bicyclic) bond motifs is 1. The Bertz CT molecular complexity index is 371. The van der Waals surface area contributed by atoms with Crippen molar-refractivity contribution >= 4 is 5.69 Å². The molecule has 0 fully saturated rings. The molecule has 1 heterocycles. The molecule has 0 bridgehead atoms. The van der Waals surface area contributed by atoms with Gasteiger partial charge in [0, 0.05) is 24.8 Å². The highest BCUT2D eigenvalue weighted by atomic mass is 15.1. The van der Waals surface area contributed by atoms with Crippen LogP contribution in [0.3, 0.4) is 0 Å². The maximum absolute atomic E-state index is 3.33. The van der Waals surface area contributed by atoms with Crippen LogP contribution in [0.2, 0.25) is 0 Å². The molecule has 0 aliphatic carbocycles. The third-order valence-electron chi connectivity index (χ3n) is 3.68. The van der Waals surface area contributed by atoms with Gasteiger partial charge in [-0.25, -0.2) is 0 Å². The monoisotopic (exact) mass is 232 g/mol. The normalized spacial score (nSPS) is 16.1. The lowest BCUT2D eigenvalue weighted by Crippen LogP contribution is -2.26. The van der Waals surface area contributed by atoms with E-state index in [1.165, 1.54) is 37.2 Å². The summed E-state index contributed by atoms with van der Waals surface area (Å²) in [7, 11) is 2.04. The number of nitrogens with one attached hydrogen (secondary N) is 1. The van der Waals surface area contributed by atoms with Gasteiger partial charge in [-0.1, -0.05) is 25.1 Å². The van der Waals surface area contributed by atoms with Gasteiger partial charge < -0.3 is 10.2 Å². The van der Waals surface area contributed by atoms with Crippen LogP contribution in [0.4, 0.5) is 5.69 Å². The summed E-state index contributed by atoms with van der Waals surface area (Å²) >= 11 is 0. The molecule has 1 aromatic carbocycles. The predicted molar refractivity (Wildman–Crippen MR) is 74.9 cm³/mol. The van der Waals surface area contributed by atoms with Gasteiger partial charge in [0.2, 0.25) is 0 Å². The first-order valence-electron chi connectivity index (χ1n) is 6.79. The Hall–Kier alpha value is -1.02. The second kappa shape index (κ2) is 5.54. The fourth-order valence-corrected chi connectivity index (χ4v) is 2.71. The highest BCUT2D eigenvalue weighted by Gasteiger charge is 2.21. The van der Waals surface area contributed by atoms with Crippen LogP contribution in [-0.2, 0) is 12.8 Å². The second-order valence-corrected chi connectivity index (χ2v) is 5.06. The molecule has 0 amide bonds. The Morgan fingerprint density at radius 2 is 2.24 bits per heavy atom. The van der Waals surface area contributed by atoms with Crippen molar-refractivity contribution in [3.8, 4) is 0 Å². The largest absolute Gasteiger partial charge is 0.371 e. The first kappa shape index (κ1) is 12.4. The highest BCUT2D eigenvalue weighted by molar-refractivity contribution is 5.63. The van der Waals surface area contributed by atoms with Gasteiger partial charge >= 0.3 is 0 Å². The van der Waals surface area contributed by atoms with Crippen LogP contribution < -0.4 is 10.2 Å². The van der Waals surface area contributed by atoms with Crippen LogP contribution in [0.15, 0.2) is 18.2 Å². The first-order valence-corrected chi connectivity index (χ1v) is 6.79. The molecule has 17 heavy (non-hydrogen) atoms. The predicted octanol–water partition coefficient (Wildman–Crippen LogP) is 2.61. The fourth-order valence-electron chi connectivity index (χ4n) is 2.71. The van der Waals surface area contributed by atoms with Gasteiger partial charge in [-0.15, -0.1) is 0 Å². The fraction of sp³-hybridized carbons (Fsp3) is 0.600. The van der Waals surface area contributed by atoms with Crippen LogP contribution in [0.25, 0.3) is 0 Å². The van der Waals surface area contributed by atoms with E-state index in [0.717, 1.165) is 6.42 Å². The maximum atomic E-state index is 3.33. The molecule has 2 heteroatoms. The number of rotatable bonds is 5. The van der Waals surface area contributed by atoms with Crippen molar-refractivity contribution in [1.82, 2.24) is 5.32 Å². The molecular weight excluding hydrogens is 208 g/mol. The molecule has 2 rings (SSSR count). The summed E-state index contributed by atoms with van der Waals surface area (Å²) in [5, 5.41) is 3.33. The molecule has 1 unspecified atom stereocenters. The number of hydrogen-bond donors (Lipinski definition) is 1.